The molecule has 0 aromatic rings. The van der Waals surface area contributed by atoms with Crippen LogP contribution >= 0.6 is 21.6 Å². The molecule has 0 fully saturated rings. The molecule has 0 saturated carbocycles. The zero-order valence-corrected chi connectivity index (χ0v) is 16.9. The van der Waals surface area contributed by atoms with E-state index in [9.17, 15) is 18.3 Å². The first-order chi connectivity index (χ1) is 11.3. The fourth-order valence-corrected chi connectivity index (χ4v) is 3.96. The molecule has 7 nitrogen and oxygen atoms in total. The molecule has 0 heterocycles. The predicted octanol–water partition coefficient (Wildman–Crippen LogP) is 1.39. The first-order valence-electron chi connectivity index (χ1n) is 7.92. The average molecular weight is 400 g/mol. The van der Waals surface area contributed by atoms with Gasteiger partial charge in [-0.3, -0.25) is 4.79 Å². The third-order valence-electron chi connectivity index (χ3n) is 2.85. The molecular weight excluding hydrogens is 372 g/mol. The Morgan fingerprint density at radius 3 is 2.33 bits per heavy atom. The minimum absolute atomic E-state index is 0.0942. The summed E-state index contributed by atoms with van der Waals surface area (Å²) in [6, 6.07) is 0. The van der Waals surface area contributed by atoms with Crippen molar-refractivity contribution in [2.45, 2.75) is 39.5 Å². The molecule has 0 aromatic carbocycles. The van der Waals surface area contributed by atoms with Gasteiger partial charge in [0.1, 0.15) is 0 Å². The monoisotopic (exact) mass is 399 g/mol. The number of nitrogens with zero attached hydrogens (tertiary/aromatic N) is 1. The second kappa shape index (κ2) is 13.7. The van der Waals surface area contributed by atoms with Crippen molar-refractivity contribution in [3.05, 3.63) is 0 Å². The van der Waals surface area contributed by atoms with Crippen LogP contribution in [0.4, 0.5) is 0 Å². The maximum atomic E-state index is 12.0. The van der Waals surface area contributed by atoms with Crippen LogP contribution in [-0.4, -0.2) is 51.3 Å². The summed E-state index contributed by atoms with van der Waals surface area (Å²) in [7, 11) is -0.653. The number of sulfonamides is 1. The molecule has 0 bridgehead atoms. The summed E-state index contributed by atoms with van der Waals surface area (Å²) in [5.41, 5.74) is 0. The molecule has 1 N–H and O–H groups in total. The van der Waals surface area contributed by atoms with Crippen molar-refractivity contribution < 1.29 is 23.1 Å². The Labute approximate surface area is 152 Å². The Morgan fingerprint density at radius 1 is 1.21 bits per heavy atom. The van der Waals surface area contributed by atoms with Gasteiger partial charge in [0.25, 0.3) is 10.0 Å². The molecule has 142 valence electrons. The second-order valence-electron chi connectivity index (χ2n) is 5.15. The highest BCUT2D eigenvalue weighted by molar-refractivity contribution is 8.76. The summed E-state index contributed by atoms with van der Waals surface area (Å²) in [4.78, 5) is 12.0. The zero-order chi connectivity index (χ0) is 18.4. The van der Waals surface area contributed by atoms with Gasteiger partial charge in [0.2, 0.25) is 5.91 Å². The molecule has 0 radical (unpaired) electrons. The Kier molecular flexibility index (Phi) is 13.3. The Bertz CT molecular complexity index is 477. The van der Waals surface area contributed by atoms with E-state index in [4.69, 9.17) is 0 Å². The van der Waals surface area contributed by atoms with Gasteiger partial charge in [-0.25, -0.2) is 8.42 Å². The SMILES string of the molecule is CCCC(CCC)C(=O)NCCSSCCOC([O-])=NS(C)(=O)=O. The lowest BCUT2D eigenvalue weighted by Gasteiger charge is -2.15. The lowest BCUT2D eigenvalue weighted by atomic mass is 9.97. The highest BCUT2D eigenvalue weighted by Crippen LogP contribution is 2.20. The first kappa shape index (κ1) is 23.4. The fourth-order valence-electron chi connectivity index (χ4n) is 1.91. The van der Waals surface area contributed by atoms with Crippen LogP contribution in [0.3, 0.4) is 0 Å². The van der Waals surface area contributed by atoms with E-state index in [0.29, 0.717) is 12.3 Å². The van der Waals surface area contributed by atoms with Gasteiger partial charge >= 0.3 is 0 Å². The number of hydrogen-bond donors (Lipinski definition) is 1. The Balaban J connectivity index is 3.70. The van der Waals surface area contributed by atoms with E-state index in [2.05, 4.69) is 28.3 Å². The smallest absolute Gasteiger partial charge is 0.251 e. The van der Waals surface area contributed by atoms with Gasteiger partial charge in [-0.05, 0) is 12.8 Å². The van der Waals surface area contributed by atoms with Crippen LogP contribution in [0.1, 0.15) is 39.5 Å². The van der Waals surface area contributed by atoms with Crippen LogP contribution in [0.2, 0.25) is 0 Å². The maximum Gasteiger partial charge on any atom is 0.251 e. The number of rotatable bonds is 13. The van der Waals surface area contributed by atoms with E-state index >= 15 is 0 Å². The van der Waals surface area contributed by atoms with E-state index in [0.717, 1.165) is 37.7 Å². The first-order valence-corrected chi connectivity index (χ1v) is 12.3. The molecule has 0 aliphatic carbocycles. The van der Waals surface area contributed by atoms with E-state index in [-0.39, 0.29) is 18.4 Å². The number of amides is 1. The molecular formula is C14H27N2O5S3-. The largest absolute Gasteiger partial charge is 0.599 e. The van der Waals surface area contributed by atoms with Crippen molar-refractivity contribution in [2.24, 2.45) is 10.3 Å². The predicted molar refractivity (Wildman–Crippen MR) is 99.5 cm³/mol. The molecule has 0 rings (SSSR count). The van der Waals surface area contributed by atoms with Gasteiger partial charge in [-0.15, -0.1) is 4.40 Å². The number of carbonyl (C=O) groups excluding carboxylic acids is 1. The van der Waals surface area contributed by atoms with Crippen LogP contribution in [0.25, 0.3) is 0 Å². The van der Waals surface area contributed by atoms with E-state index in [1.165, 1.54) is 10.8 Å². The van der Waals surface area contributed by atoms with Gasteiger partial charge in [-0.1, -0.05) is 48.3 Å². The van der Waals surface area contributed by atoms with Crippen molar-refractivity contribution in [2.75, 3.05) is 30.9 Å². The van der Waals surface area contributed by atoms with Crippen molar-refractivity contribution in [1.82, 2.24) is 5.32 Å². The fraction of sp³-hybridized carbons (Fsp3) is 0.857. The van der Waals surface area contributed by atoms with Crippen molar-refractivity contribution in [3.63, 3.8) is 0 Å². The van der Waals surface area contributed by atoms with E-state index in [1.807, 2.05) is 0 Å². The zero-order valence-electron chi connectivity index (χ0n) is 14.4. The number of nitrogens with one attached hydrogen (secondary N) is 1. The van der Waals surface area contributed by atoms with Crippen LogP contribution in [0.15, 0.2) is 4.40 Å². The van der Waals surface area contributed by atoms with Gasteiger partial charge < -0.3 is 15.2 Å². The molecule has 0 aliphatic rings. The van der Waals surface area contributed by atoms with Crippen LogP contribution in [0.5, 0.6) is 0 Å². The maximum absolute atomic E-state index is 12.0. The molecule has 0 atom stereocenters. The lowest BCUT2D eigenvalue weighted by Crippen LogP contribution is -2.32. The van der Waals surface area contributed by atoms with Gasteiger partial charge in [0, 0.05) is 30.6 Å². The Hall–Kier alpha value is -0.610. The van der Waals surface area contributed by atoms with Crippen LogP contribution < -0.4 is 10.4 Å². The third kappa shape index (κ3) is 13.8. The molecule has 1 amide bonds. The quantitative estimate of drug-likeness (QED) is 0.216. The number of hydrogen-bond acceptors (Lipinski definition) is 7. The minimum Gasteiger partial charge on any atom is -0.599 e. The summed E-state index contributed by atoms with van der Waals surface area (Å²) in [5, 5.41) is 14.0. The number of carbonyl (C=O) groups is 1. The average Bonchev–Trinajstić information content (AvgIpc) is 2.47. The topological polar surface area (TPSA) is 108 Å². The van der Waals surface area contributed by atoms with E-state index in [1.54, 1.807) is 10.8 Å². The van der Waals surface area contributed by atoms with Gasteiger partial charge in [0.15, 0.2) is 6.08 Å². The Morgan fingerprint density at radius 2 is 1.79 bits per heavy atom. The summed E-state index contributed by atoms with van der Waals surface area (Å²) < 4.78 is 29.0. The number of ether oxygens (including phenoxy) is 1. The lowest BCUT2D eigenvalue weighted by molar-refractivity contribution is -0.249. The van der Waals surface area contributed by atoms with E-state index < -0.39 is 16.1 Å². The molecule has 24 heavy (non-hydrogen) atoms. The molecule has 0 unspecified atom stereocenters. The van der Waals surface area contributed by atoms with Crippen LogP contribution in [0, 0.1) is 5.92 Å². The van der Waals surface area contributed by atoms with Crippen LogP contribution in [-0.2, 0) is 19.6 Å². The summed E-state index contributed by atoms with van der Waals surface area (Å²) >= 11 is 0. The normalized spacial score (nSPS) is 12.4. The van der Waals surface area contributed by atoms with Gasteiger partial charge in [0.05, 0.1) is 6.26 Å². The van der Waals surface area contributed by atoms with Crippen molar-refractivity contribution >= 4 is 43.6 Å². The molecule has 0 spiro atoms. The summed E-state index contributed by atoms with van der Waals surface area (Å²) in [6.07, 6.45) is 3.60. The second-order valence-corrected chi connectivity index (χ2v) is 9.50. The molecule has 0 saturated heterocycles. The standard InChI is InChI=1S/C14H28N2O5S3/c1-4-6-12(7-5-2)13(17)15-8-10-22-23-11-9-21-14(18)16-24(3,19)20/h12H,4-11H2,1-3H3,(H,15,17)(H,16,18)/p-1. The summed E-state index contributed by atoms with van der Waals surface area (Å²) in [5.74, 6) is 1.51. The minimum atomic E-state index is -3.70. The third-order valence-corrected chi connectivity index (χ3v) is 5.70. The molecule has 0 aliphatic heterocycles. The highest BCUT2D eigenvalue weighted by atomic mass is 33.1. The highest BCUT2D eigenvalue weighted by Gasteiger charge is 2.15. The van der Waals surface area contributed by atoms with Crippen molar-refractivity contribution in [1.29, 1.82) is 0 Å². The van der Waals surface area contributed by atoms with Crippen molar-refractivity contribution in [3.8, 4) is 0 Å². The summed E-state index contributed by atoms with van der Waals surface area (Å²) in [6.45, 7) is 4.86. The molecule has 0 aromatic heterocycles. The molecule has 10 heteroatoms. The van der Waals surface area contributed by atoms with Gasteiger partial charge in [-0.2, -0.15) is 0 Å².